The molecule has 3 N–H and O–H groups in total. The van der Waals surface area contributed by atoms with Gasteiger partial charge in [-0.25, -0.2) is 4.39 Å². The van der Waals surface area contributed by atoms with Gasteiger partial charge in [-0.3, -0.25) is 20.9 Å². The number of halogens is 2. The maximum absolute atomic E-state index is 13.7. The van der Waals surface area contributed by atoms with E-state index < -0.39 is 5.82 Å². The first-order valence-corrected chi connectivity index (χ1v) is 6.16. The van der Waals surface area contributed by atoms with E-state index in [9.17, 15) is 4.39 Å². The lowest BCUT2D eigenvalue weighted by Crippen LogP contribution is -2.30. The van der Waals surface area contributed by atoms with Crippen LogP contribution in [0.2, 0.25) is 5.15 Å². The summed E-state index contributed by atoms with van der Waals surface area (Å²) in [5.74, 6) is 5.12. The molecule has 0 saturated carbocycles. The lowest BCUT2D eigenvalue weighted by molar-refractivity contribution is 0.507. The van der Waals surface area contributed by atoms with Gasteiger partial charge in [0.05, 0.1) is 17.9 Å². The summed E-state index contributed by atoms with van der Waals surface area (Å²) in [4.78, 5) is 3.72. The Morgan fingerprint density at radius 2 is 2.32 bits per heavy atom. The minimum absolute atomic E-state index is 0.386. The van der Waals surface area contributed by atoms with Gasteiger partial charge < -0.3 is 0 Å². The Morgan fingerprint density at radius 3 is 2.84 bits per heavy atom. The van der Waals surface area contributed by atoms with E-state index in [4.69, 9.17) is 17.4 Å². The van der Waals surface area contributed by atoms with Gasteiger partial charge in [-0.1, -0.05) is 11.6 Å². The van der Waals surface area contributed by atoms with E-state index in [0.717, 1.165) is 17.5 Å². The van der Waals surface area contributed by atoms with Crippen molar-refractivity contribution in [2.45, 2.75) is 19.4 Å². The minimum Gasteiger partial charge on any atom is -0.271 e. The molecule has 0 saturated heterocycles. The van der Waals surface area contributed by atoms with Crippen molar-refractivity contribution in [2.75, 3.05) is 0 Å². The van der Waals surface area contributed by atoms with Gasteiger partial charge in [0.15, 0.2) is 0 Å². The van der Waals surface area contributed by atoms with Crippen LogP contribution in [-0.4, -0.2) is 14.8 Å². The molecule has 2 aromatic rings. The summed E-state index contributed by atoms with van der Waals surface area (Å²) in [6.07, 6.45) is 3.15. The van der Waals surface area contributed by atoms with Gasteiger partial charge in [-0.05, 0) is 19.4 Å². The number of nitrogens with zero attached hydrogens (tertiary/aromatic N) is 3. The molecule has 0 radical (unpaired) electrons. The molecule has 19 heavy (non-hydrogen) atoms. The Balaban J connectivity index is 2.32. The summed E-state index contributed by atoms with van der Waals surface area (Å²) < 4.78 is 15.3. The van der Waals surface area contributed by atoms with Crippen LogP contribution in [0.3, 0.4) is 0 Å². The second-order valence-corrected chi connectivity index (χ2v) is 4.66. The Morgan fingerprint density at radius 1 is 1.58 bits per heavy atom. The van der Waals surface area contributed by atoms with Crippen molar-refractivity contribution >= 4 is 11.6 Å². The number of hydrogen-bond donors (Lipinski definition) is 2. The van der Waals surface area contributed by atoms with Crippen LogP contribution < -0.4 is 11.3 Å². The van der Waals surface area contributed by atoms with Crippen molar-refractivity contribution in [3.8, 4) is 0 Å². The molecule has 0 aliphatic carbocycles. The average Bonchev–Trinajstić information content (AvgIpc) is 2.63. The predicted octanol–water partition coefficient (Wildman–Crippen LogP) is 1.66. The fraction of sp³-hybridized carbons (Fsp3) is 0.333. The SMILES string of the molecule is Cc1nn(C)c(Cl)c1CC(NN)c1ccncc1F. The van der Waals surface area contributed by atoms with Crippen molar-refractivity contribution in [3.63, 3.8) is 0 Å². The van der Waals surface area contributed by atoms with Crippen molar-refractivity contribution in [3.05, 3.63) is 46.3 Å². The van der Waals surface area contributed by atoms with E-state index in [0.29, 0.717) is 17.1 Å². The van der Waals surface area contributed by atoms with Gasteiger partial charge in [0.25, 0.3) is 0 Å². The first-order valence-electron chi connectivity index (χ1n) is 5.78. The largest absolute Gasteiger partial charge is 0.271 e. The van der Waals surface area contributed by atoms with Gasteiger partial charge in [0, 0.05) is 24.4 Å². The van der Waals surface area contributed by atoms with E-state index in [2.05, 4.69) is 15.5 Å². The molecule has 1 atom stereocenters. The molecule has 5 nitrogen and oxygen atoms in total. The van der Waals surface area contributed by atoms with Crippen molar-refractivity contribution < 1.29 is 4.39 Å². The third kappa shape index (κ3) is 2.75. The summed E-state index contributed by atoms with van der Waals surface area (Å²) >= 11 is 6.17. The van der Waals surface area contributed by atoms with Crippen LogP contribution in [0.4, 0.5) is 4.39 Å². The molecular weight excluding hydrogens is 269 g/mol. The molecule has 1 unspecified atom stereocenters. The number of rotatable bonds is 4. The van der Waals surface area contributed by atoms with Crippen LogP contribution >= 0.6 is 11.6 Å². The van der Waals surface area contributed by atoms with Gasteiger partial charge in [0.1, 0.15) is 11.0 Å². The smallest absolute Gasteiger partial charge is 0.146 e. The number of nitrogens with one attached hydrogen (secondary N) is 1. The van der Waals surface area contributed by atoms with Crippen LogP contribution in [0, 0.1) is 12.7 Å². The Labute approximate surface area is 115 Å². The molecule has 0 fully saturated rings. The number of aryl methyl sites for hydroxylation is 2. The standard InChI is InChI=1S/C12H15ClFN5/c1-7-9(12(13)19(2)18-7)5-11(17-15)8-3-4-16-6-10(8)14/h3-4,6,11,17H,5,15H2,1-2H3. The molecular formula is C12H15ClFN5. The van der Waals surface area contributed by atoms with E-state index in [1.54, 1.807) is 17.8 Å². The number of hydrazine groups is 1. The fourth-order valence-corrected chi connectivity index (χ4v) is 2.29. The zero-order valence-electron chi connectivity index (χ0n) is 10.7. The Hall–Kier alpha value is -1.50. The molecule has 0 aliphatic rings. The zero-order valence-corrected chi connectivity index (χ0v) is 11.4. The van der Waals surface area contributed by atoms with Gasteiger partial charge in [0.2, 0.25) is 0 Å². The van der Waals surface area contributed by atoms with E-state index in [1.165, 1.54) is 6.20 Å². The maximum atomic E-state index is 13.7. The fourth-order valence-electron chi connectivity index (χ4n) is 2.04. The second kappa shape index (κ2) is 5.64. The number of aromatic nitrogens is 3. The molecule has 2 rings (SSSR count). The van der Waals surface area contributed by atoms with E-state index in [-0.39, 0.29) is 6.04 Å². The molecule has 2 aromatic heterocycles. The zero-order chi connectivity index (χ0) is 14.0. The molecule has 0 bridgehead atoms. The number of hydrogen-bond acceptors (Lipinski definition) is 4. The molecule has 7 heteroatoms. The van der Waals surface area contributed by atoms with Crippen LogP contribution in [0.5, 0.6) is 0 Å². The van der Waals surface area contributed by atoms with Gasteiger partial charge in [-0.15, -0.1) is 0 Å². The van der Waals surface area contributed by atoms with Crippen molar-refractivity contribution in [2.24, 2.45) is 12.9 Å². The minimum atomic E-state index is -0.400. The van der Waals surface area contributed by atoms with E-state index in [1.807, 2.05) is 6.92 Å². The van der Waals surface area contributed by atoms with Crippen LogP contribution in [-0.2, 0) is 13.5 Å². The number of nitrogens with two attached hydrogens (primary N) is 1. The predicted molar refractivity (Wildman–Crippen MR) is 70.9 cm³/mol. The summed E-state index contributed by atoms with van der Waals surface area (Å²) in [5, 5.41) is 4.76. The lowest BCUT2D eigenvalue weighted by atomic mass is 10.0. The highest BCUT2D eigenvalue weighted by molar-refractivity contribution is 6.30. The van der Waals surface area contributed by atoms with Crippen molar-refractivity contribution in [1.82, 2.24) is 20.2 Å². The third-order valence-corrected chi connectivity index (χ3v) is 3.53. The summed E-state index contributed by atoms with van der Waals surface area (Å²) in [6, 6.07) is 1.21. The summed E-state index contributed by atoms with van der Waals surface area (Å²) in [5.41, 5.74) is 4.72. The number of pyridine rings is 1. The maximum Gasteiger partial charge on any atom is 0.146 e. The second-order valence-electron chi connectivity index (χ2n) is 4.30. The topological polar surface area (TPSA) is 68.8 Å². The highest BCUT2D eigenvalue weighted by Gasteiger charge is 2.20. The average molecular weight is 284 g/mol. The molecule has 2 heterocycles. The highest BCUT2D eigenvalue weighted by atomic mass is 35.5. The van der Waals surface area contributed by atoms with E-state index >= 15 is 0 Å². The molecule has 0 spiro atoms. The van der Waals surface area contributed by atoms with Gasteiger partial charge in [-0.2, -0.15) is 5.10 Å². The first-order chi connectivity index (χ1) is 9.04. The molecule has 0 aromatic carbocycles. The summed E-state index contributed by atoms with van der Waals surface area (Å²) in [7, 11) is 1.76. The van der Waals surface area contributed by atoms with Crippen molar-refractivity contribution in [1.29, 1.82) is 0 Å². The molecule has 0 amide bonds. The molecule has 0 aliphatic heterocycles. The van der Waals surface area contributed by atoms with Crippen LogP contribution in [0.25, 0.3) is 0 Å². The van der Waals surface area contributed by atoms with Gasteiger partial charge >= 0.3 is 0 Å². The monoisotopic (exact) mass is 283 g/mol. The lowest BCUT2D eigenvalue weighted by Gasteiger charge is -2.16. The summed E-state index contributed by atoms with van der Waals surface area (Å²) in [6.45, 7) is 1.86. The van der Waals surface area contributed by atoms with Crippen LogP contribution in [0.1, 0.15) is 22.9 Å². The molecule has 102 valence electrons. The highest BCUT2D eigenvalue weighted by Crippen LogP contribution is 2.26. The quantitative estimate of drug-likeness (QED) is 0.661. The Kier molecular flexibility index (Phi) is 4.14. The third-order valence-electron chi connectivity index (χ3n) is 3.06. The first kappa shape index (κ1) is 13.9. The normalized spacial score (nSPS) is 12.7. The van der Waals surface area contributed by atoms with Crippen LogP contribution in [0.15, 0.2) is 18.5 Å². The Bertz CT molecular complexity index is 583.